The standard InChI is InChI=1S/C15H20ClNO3/c1-20-12-5-6-14(18)13(10-12)15(19)17-9-3-2-4-11(17)7-8-16/h5-6,10-11,18H,2-4,7-9H2,1H3. The Balaban J connectivity index is 2.24. The van der Waals surface area contributed by atoms with Gasteiger partial charge in [0.15, 0.2) is 0 Å². The number of hydrogen-bond donors (Lipinski definition) is 1. The van der Waals surface area contributed by atoms with Crippen LogP contribution in [0.2, 0.25) is 0 Å². The van der Waals surface area contributed by atoms with Crippen LogP contribution in [0.15, 0.2) is 18.2 Å². The highest BCUT2D eigenvalue weighted by molar-refractivity contribution is 6.17. The van der Waals surface area contributed by atoms with Crippen molar-refractivity contribution in [2.75, 3.05) is 19.5 Å². The number of amides is 1. The third-order valence-corrected chi connectivity index (χ3v) is 3.98. The van der Waals surface area contributed by atoms with Crippen molar-refractivity contribution in [1.82, 2.24) is 4.90 Å². The van der Waals surface area contributed by atoms with Gasteiger partial charge >= 0.3 is 0 Å². The Morgan fingerprint density at radius 1 is 1.50 bits per heavy atom. The fraction of sp³-hybridized carbons (Fsp3) is 0.533. The molecule has 110 valence electrons. The minimum absolute atomic E-state index is 0.00834. The monoisotopic (exact) mass is 297 g/mol. The number of rotatable bonds is 4. The van der Waals surface area contributed by atoms with Crippen molar-refractivity contribution in [3.63, 3.8) is 0 Å². The molecule has 5 heteroatoms. The number of phenolic OH excluding ortho intramolecular Hbond substituents is 1. The first kappa shape index (κ1) is 15.0. The van der Waals surface area contributed by atoms with Crippen LogP contribution < -0.4 is 4.74 Å². The molecule has 0 aromatic heterocycles. The predicted octanol–water partition coefficient (Wildman–Crippen LogP) is 3.02. The average molecular weight is 298 g/mol. The van der Waals surface area contributed by atoms with Gasteiger partial charge in [0.25, 0.3) is 5.91 Å². The maximum absolute atomic E-state index is 12.6. The average Bonchev–Trinajstić information content (AvgIpc) is 2.48. The van der Waals surface area contributed by atoms with Gasteiger partial charge in [-0.3, -0.25) is 4.79 Å². The molecule has 1 N–H and O–H groups in total. The third-order valence-electron chi connectivity index (χ3n) is 3.76. The number of nitrogens with zero attached hydrogens (tertiary/aromatic N) is 1. The number of benzene rings is 1. The molecule has 0 saturated carbocycles. The summed E-state index contributed by atoms with van der Waals surface area (Å²) in [5, 5.41) is 9.92. The van der Waals surface area contributed by atoms with Crippen LogP contribution in [0.1, 0.15) is 36.0 Å². The van der Waals surface area contributed by atoms with Crippen LogP contribution in [0.5, 0.6) is 11.5 Å². The number of carbonyl (C=O) groups excluding carboxylic acids is 1. The van der Waals surface area contributed by atoms with Gasteiger partial charge in [-0.2, -0.15) is 0 Å². The second-order valence-corrected chi connectivity index (χ2v) is 5.39. The van der Waals surface area contributed by atoms with Crippen molar-refractivity contribution in [2.24, 2.45) is 0 Å². The van der Waals surface area contributed by atoms with Crippen LogP contribution in [0.3, 0.4) is 0 Å². The van der Waals surface area contributed by atoms with Gasteiger partial charge in [0.05, 0.1) is 12.7 Å². The number of carbonyl (C=O) groups is 1. The van der Waals surface area contributed by atoms with E-state index in [1.54, 1.807) is 12.1 Å². The van der Waals surface area contributed by atoms with Crippen LogP contribution in [-0.2, 0) is 0 Å². The molecule has 0 spiro atoms. The van der Waals surface area contributed by atoms with Crippen molar-refractivity contribution >= 4 is 17.5 Å². The molecule has 1 aromatic rings. The molecule has 1 saturated heterocycles. The summed E-state index contributed by atoms with van der Waals surface area (Å²) in [6.07, 6.45) is 3.88. The van der Waals surface area contributed by atoms with Gasteiger partial charge < -0.3 is 14.7 Å². The first-order chi connectivity index (χ1) is 9.67. The van der Waals surface area contributed by atoms with E-state index >= 15 is 0 Å². The SMILES string of the molecule is COc1ccc(O)c(C(=O)N2CCCCC2CCCl)c1. The molecule has 0 radical (unpaired) electrons. The fourth-order valence-electron chi connectivity index (χ4n) is 2.66. The number of hydrogen-bond acceptors (Lipinski definition) is 3. The second kappa shape index (κ2) is 6.84. The van der Waals surface area contributed by atoms with E-state index in [0.717, 1.165) is 32.2 Å². The van der Waals surface area contributed by atoms with Gasteiger partial charge in [-0.1, -0.05) is 0 Å². The maximum atomic E-state index is 12.6. The van der Waals surface area contributed by atoms with Crippen molar-refractivity contribution < 1.29 is 14.6 Å². The van der Waals surface area contributed by atoms with E-state index in [1.807, 2.05) is 4.90 Å². The van der Waals surface area contributed by atoms with Gasteiger partial charge in [0.1, 0.15) is 11.5 Å². The smallest absolute Gasteiger partial charge is 0.257 e. The lowest BCUT2D eigenvalue weighted by molar-refractivity contribution is 0.0606. The minimum Gasteiger partial charge on any atom is -0.507 e. The normalized spacial score (nSPS) is 18.9. The predicted molar refractivity (Wildman–Crippen MR) is 78.7 cm³/mol. The van der Waals surface area contributed by atoms with Crippen molar-refractivity contribution in [3.8, 4) is 11.5 Å². The van der Waals surface area contributed by atoms with Crippen LogP contribution in [0.25, 0.3) is 0 Å². The van der Waals surface area contributed by atoms with E-state index in [-0.39, 0.29) is 17.7 Å². The first-order valence-corrected chi connectivity index (χ1v) is 7.44. The fourth-order valence-corrected chi connectivity index (χ4v) is 2.91. The molecule has 2 rings (SSSR count). The van der Waals surface area contributed by atoms with Gasteiger partial charge in [0.2, 0.25) is 0 Å². The summed E-state index contributed by atoms with van der Waals surface area (Å²) in [4.78, 5) is 14.5. The van der Waals surface area contributed by atoms with Gasteiger partial charge in [-0.15, -0.1) is 11.6 Å². The Morgan fingerprint density at radius 3 is 3.00 bits per heavy atom. The van der Waals surface area contributed by atoms with E-state index in [0.29, 0.717) is 17.2 Å². The molecule has 4 nitrogen and oxygen atoms in total. The summed E-state index contributed by atoms with van der Waals surface area (Å²) in [7, 11) is 1.54. The quantitative estimate of drug-likeness (QED) is 0.869. The van der Waals surface area contributed by atoms with Gasteiger partial charge in [-0.05, 0) is 43.9 Å². The van der Waals surface area contributed by atoms with Crippen LogP contribution in [0, 0.1) is 0 Å². The Hall–Kier alpha value is -1.42. The number of methoxy groups -OCH3 is 1. The molecule has 20 heavy (non-hydrogen) atoms. The van der Waals surface area contributed by atoms with Crippen molar-refractivity contribution in [3.05, 3.63) is 23.8 Å². The van der Waals surface area contributed by atoms with E-state index in [2.05, 4.69) is 0 Å². The number of phenols is 1. The summed E-state index contributed by atoms with van der Waals surface area (Å²) < 4.78 is 5.12. The van der Waals surface area contributed by atoms with E-state index < -0.39 is 0 Å². The largest absolute Gasteiger partial charge is 0.507 e. The molecule has 1 aromatic carbocycles. The number of piperidine rings is 1. The third kappa shape index (κ3) is 3.18. The minimum atomic E-state index is -0.142. The topological polar surface area (TPSA) is 49.8 Å². The van der Waals surface area contributed by atoms with E-state index in [9.17, 15) is 9.90 Å². The maximum Gasteiger partial charge on any atom is 0.257 e. The Labute approximate surface area is 124 Å². The summed E-state index contributed by atoms with van der Waals surface area (Å²) in [5.41, 5.74) is 0.297. The molecule has 0 aliphatic carbocycles. The Kier molecular flexibility index (Phi) is 5.12. The molecule has 1 amide bonds. The zero-order valence-corrected chi connectivity index (χ0v) is 12.4. The number of aromatic hydroxyl groups is 1. The molecule has 1 atom stereocenters. The van der Waals surface area contributed by atoms with Crippen molar-refractivity contribution in [1.29, 1.82) is 0 Å². The molecule has 1 fully saturated rings. The highest BCUT2D eigenvalue weighted by Gasteiger charge is 2.28. The Bertz CT molecular complexity index is 476. The first-order valence-electron chi connectivity index (χ1n) is 6.91. The number of halogens is 1. The Morgan fingerprint density at radius 2 is 2.30 bits per heavy atom. The highest BCUT2D eigenvalue weighted by Crippen LogP contribution is 2.28. The molecular weight excluding hydrogens is 278 g/mol. The number of ether oxygens (including phenoxy) is 1. The molecule has 1 heterocycles. The zero-order valence-electron chi connectivity index (χ0n) is 11.6. The van der Waals surface area contributed by atoms with Crippen LogP contribution in [-0.4, -0.2) is 41.5 Å². The van der Waals surface area contributed by atoms with Crippen LogP contribution in [0.4, 0.5) is 0 Å². The van der Waals surface area contributed by atoms with Crippen LogP contribution >= 0.6 is 11.6 Å². The highest BCUT2D eigenvalue weighted by atomic mass is 35.5. The summed E-state index contributed by atoms with van der Waals surface area (Å²) in [6.45, 7) is 0.719. The van der Waals surface area contributed by atoms with Crippen molar-refractivity contribution in [2.45, 2.75) is 31.7 Å². The van der Waals surface area contributed by atoms with E-state index in [1.165, 1.54) is 13.2 Å². The molecular formula is C15H20ClNO3. The van der Waals surface area contributed by atoms with E-state index in [4.69, 9.17) is 16.3 Å². The van der Waals surface area contributed by atoms with Gasteiger partial charge in [-0.25, -0.2) is 0 Å². The molecule has 0 bridgehead atoms. The summed E-state index contributed by atoms with van der Waals surface area (Å²) >= 11 is 5.82. The summed E-state index contributed by atoms with van der Waals surface area (Å²) in [5.74, 6) is 0.956. The lowest BCUT2D eigenvalue weighted by atomic mass is 9.98. The lowest BCUT2D eigenvalue weighted by Crippen LogP contribution is -2.44. The number of alkyl halides is 1. The molecule has 1 unspecified atom stereocenters. The number of likely N-dealkylation sites (tertiary alicyclic amines) is 1. The van der Waals surface area contributed by atoms with Gasteiger partial charge in [0, 0.05) is 18.5 Å². The second-order valence-electron chi connectivity index (χ2n) is 5.01. The molecule has 1 aliphatic rings. The molecule has 1 aliphatic heterocycles. The zero-order chi connectivity index (χ0) is 14.5. The summed E-state index contributed by atoms with van der Waals surface area (Å²) in [6, 6.07) is 4.88. The lowest BCUT2D eigenvalue weighted by Gasteiger charge is -2.35.